The first kappa shape index (κ1) is 14.9. The van der Waals surface area contributed by atoms with Gasteiger partial charge in [0.05, 0.1) is 5.69 Å². The van der Waals surface area contributed by atoms with Crippen LogP contribution in [0.3, 0.4) is 0 Å². The van der Waals surface area contributed by atoms with Gasteiger partial charge in [-0.05, 0) is 30.2 Å². The van der Waals surface area contributed by atoms with Gasteiger partial charge in [-0.3, -0.25) is 0 Å². The molecule has 1 aromatic carbocycles. The summed E-state index contributed by atoms with van der Waals surface area (Å²) in [7, 11) is 0. The number of hydrogen-bond acceptors (Lipinski definition) is 4. The number of oxazole rings is 1. The zero-order valence-corrected chi connectivity index (χ0v) is 12.5. The number of benzene rings is 1. The highest BCUT2D eigenvalue weighted by atomic mass is 35.5. The second kappa shape index (κ2) is 7.31. The third-order valence-electron chi connectivity index (χ3n) is 2.66. The lowest BCUT2D eigenvalue weighted by molar-refractivity contribution is 0.220. The van der Waals surface area contributed by atoms with Crippen LogP contribution >= 0.6 is 11.6 Å². The van der Waals surface area contributed by atoms with Crippen molar-refractivity contribution in [2.75, 3.05) is 6.54 Å². The fourth-order valence-electron chi connectivity index (χ4n) is 1.65. The summed E-state index contributed by atoms with van der Waals surface area (Å²) in [5.74, 6) is 0.613. The van der Waals surface area contributed by atoms with Gasteiger partial charge in [0, 0.05) is 11.6 Å². The van der Waals surface area contributed by atoms with E-state index >= 15 is 0 Å². The van der Waals surface area contributed by atoms with Crippen LogP contribution in [-0.2, 0) is 13.2 Å². The minimum absolute atomic E-state index is 0.293. The van der Waals surface area contributed by atoms with Gasteiger partial charge in [-0.15, -0.1) is 0 Å². The minimum atomic E-state index is 0.293. The van der Waals surface area contributed by atoms with E-state index in [4.69, 9.17) is 20.8 Å². The molecule has 0 unspecified atom stereocenters. The van der Waals surface area contributed by atoms with Crippen LogP contribution in [0.15, 0.2) is 34.9 Å². The Balaban J connectivity index is 1.79. The van der Waals surface area contributed by atoms with E-state index in [1.165, 1.54) is 0 Å². The quantitative estimate of drug-likeness (QED) is 0.847. The first-order valence-electron chi connectivity index (χ1n) is 6.66. The highest BCUT2D eigenvalue weighted by Crippen LogP contribution is 2.14. The zero-order chi connectivity index (χ0) is 14.4. The molecule has 0 amide bonds. The second-order valence-electron chi connectivity index (χ2n) is 5.04. The van der Waals surface area contributed by atoms with Crippen molar-refractivity contribution in [2.45, 2.75) is 27.0 Å². The van der Waals surface area contributed by atoms with Crippen LogP contribution in [-0.4, -0.2) is 11.5 Å². The molecule has 2 rings (SSSR count). The first-order chi connectivity index (χ1) is 9.63. The molecule has 0 aliphatic carbocycles. The number of nitrogens with zero attached hydrogens (tertiary/aromatic N) is 1. The monoisotopic (exact) mass is 294 g/mol. The molecule has 0 bridgehead atoms. The molecule has 0 aliphatic heterocycles. The molecule has 0 saturated carbocycles. The van der Waals surface area contributed by atoms with Crippen molar-refractivity contribution >= 4 is 11.6 Å². The lowest BCUT2D eigenvalue weighted by Gasteiger charge is -2.04. The Bertz CT molecular complexity index is 523. The maximum atomic E-state index is 5.82. The van der Waals surface area contributed by atoms with Gasteiger partial charge in [-0.25, -0.2) is 0 Å². The van der Waals surface area contributed by atoms with Crippen LogP contribution in [0.2, 0.25) is 5.02 Å². The smallest absolute Gasteiger partial charge is 0.394 e. The normalized spacial score (nSPS) is 11.0. The van der Waals surface area contributed by atoms with Crippen LogP contribution in [0.5, 0.6) is 6.08 Å². The molecule has 1 aromatic heterocycles. The Morgan fingerprint density at radius 3 is 2.75 bits per heavy atom. The fourth-order valence-corrected chi connectivity index (χ4v) is 1.78. The molecule has 0 fully saturated rings. The van der Waals surface area contributed by atoms with Gasteiger partial charge >= 0.3 is 6.08 Å². The Morgan fingerprint density at radius 2 is 2.05 bits per heavy atom. The molecule has 0 spiro atoms. The standard InChI is InChI=1S/C15H19ClN2O2/c1-11(2)7-17-8-14-10-20-15(18-14)19-9-12-3-5-13(16)6-4-12/h3-6,10-11,17H,7-9H2,1-2H3. The third-order valence-corrected chi connectivity index (χ3v) is 2.92. The Kier molecular flexibility index (Phi) is 5.44. The van der Waals surface area contributed by atoms with Crippen LogP contribution in [0.4, 0.5) is 0 Å². The predicted molar refractivity (Wildman–Crippen MR) is 78.8 cm³/mol. The number of hydrogen-bond donors (Lipinski definition) is 1. The van der Waals surface area contributed by atoms with Gasteiger partial charge in [0.2, 0.25) is 0 Å². The summed E-state index contributed by atoms with van der Waals surface area (Å²) in [5.41, 5.74) is 1.86. The molecule has 0 atom stereocenters. The van der Waals surface area contributed by atoms with Crippen molar-refractivity contribution in [3.8, 4) is 6.08 Å². The van der Waals surface area contributed by atoms with E-state index in [2.05, 4.69) is 24.1 Å². The number of nitrogens with one attached hydrogen (secondary N) is 1. The van der Waals surface area contributed by atoms with E-state index in [1.54, 1.807) is 6.26 Å². The minimum Gasteiger partial charge on any atom is -0.445 e. The van der Waals surface area contributed by atoms with E-state index in [-0.39, 0.29) is 0 Å². The van der Waals surface area contributed by atoms with Crippen LogP contribution in [0, 0.1) is 5.92 Å². The lowest BCUT2D eigenvalue weighted by Crippen LogP contribution is -2.19. The summed E-state index contributed by atoms with van der Waals surface area (Å²) in [5, 5.41) is 4.01. The largest absolute Gasteiger partial charge is 0.445 e. The summed E-state index contributed by atoms with van der Waals surface area (Å²) < 4.78 is 10.8. The molecule has 1 N–H and O–H groups in total. The highest BCUT2D eigenvalue weighted by molar-refractivity contribution is 6.30. The topological polar surface area (TPSA) is 47.3 Å². The zero-order valence-electron chi connectivity index (χ0n) is 11.7. The van der Waals surface area contributed by atoms with E-state index in [0.717, 1.165) is 17.8 Å². The average Bonchev–Trinajstić information content (AvgIpc) is 2.86. The molecule has 1 heterocycles. The highest BCUT2D eigenvalue weighted by Gasteiger charge is 2.05. The van der Waals surface area contributed by atoms with Crippen molar-refractivity contribution < 1.29 is 9.15 Å². The lowest BCUT2D eigenvalue weighted by atomic mass is 10.2. The van der Waals surface area contributed by atoms with Gasteiger partial charge in [-0.1, -0.05) is 37.6 Å². The van der Waals surface area contributed by atoms with E-state index in [1.807, 2.05) is 24.3 Å². The molecule has 108 valence electrons. The molecule has 0 aliphatic rings. The number of ether oxygens (including phenoxy) is 1. The Morgan fingerprint density at radius 1 is 1.30 bits per heavy atom. The fraction of sp³-hybridized carbons (Fsp3) is 0.400. The van der Waals surface area contributed by atoms with Gasteiger partial charge < -0.3 is 14.5 Å². The number of aromatic nitrogens is 1. The molecule has 0 radical (unpaired) electrons. The molecule has 4 nitrogen and oxygen atoms in total. The first-order valence-corrected chi connectivity index (χ1v) is 7.03. The second-order valence-corrected chi connectivity index (χ2v) is 5.48. The van der Waals surface area contributed by atoms with Crippen molar-refractivity contribution in [3.05, 3.63) is 46.8 Å². The Labute approximate surface area is 124 Å². The molecular weight excluding hydrogens is 276 g/mol. The SMILES string of the molecule is CC(C)CNCc1coc(OCc2ccc(Cl)cc2)n1. The maximum absolute atomic E-state index is 5.82. The number of halogens is 1. The molecule has 0 saturated heterocycles. The molecule has 5 heteroatoms. The van der Waals surface area contributed by atoms with Gasteiger partial charge in [-0.2, -0.15) is 4.98 Å². The van der Waals surface area contributed by atoms with E-state index < -0.39 is 0 Å². The summed E-state index contributed by atoms with van der Waals surface area (Å²) in [4.78, 5) is 4.26. The van der Waals surface area contributed by atoms with Gasteiger partial charge in [0.15, 0.2) is 0 Å². The van der Waals surface area contributed by atoms with E-state index in [9.17, 15) is 0 Å². The summed E-state index contributed by atoms with van der Waals surface area (Å²) in [6.45, 7) is 6.38. The Hall–Kier alpha value is -1.52. The van der Waals surface area contributed by atoms with Crippen molar-refractivity contribution in [3.63, 3.8) is 0 Å². The van der Waals surface area contributed by atoms with Crippen LogP contribution < -0.4 is 10.1 Å². The predicted octanol–water partition coefficient (Wildman–Crippen LogP) is 3.65. The van der Waals surface area contributed by atoms with Crippen LogP contribution in [0.1, 0.15) is 25.1 Å². The van der Waals surface area contributed by atoms with Crippen molar-refractivity contribution in [1.29, 1.82) is 0 Å². The molecular formula is C15H19ClN2O2. The van der Waals surface area contributed by atoms with Gasteiger partial charge in [0.1, 0.15) is 12.9 Å². The molecule has 2 aromatic rings. The third kappa shape index (κ3) is 4.87. The summed E-state index contributed by atoms with van der Waals surface area (Å²) in [6, 6.07) is 7.49. The molecule has 20 heavy (non-hydrogen) atoms. The summed E-state index contributed by atoms with van der Waals surface area (Å²) >= 11 is 5.82. The summed E-state index contributed by atoms with van der Waals surface area (Å²) in [6.07, 6.45) is 1.91. The van der Waals surface area contributed by atoms with Crippen LogP contribution in [0.25, 0.3) is 0 Å². The number of rotatable bonds is 7. The van der Waals surface area contributed by atoms with Crippen molar-refractivity contribution in [1.82, 2.24) is 10.3 Å². The van der Waals surface area contributed by atoms with E-state index in [0.29, 0.717) is 30.2 Å². The average molecular weight is 295 g/mol. The van der Waals surface area contributed by atoms with Crippen molar-refractivity contribution in [2.24, 2.45) is 5.92 Å². The maximum Gasteiger partial charge on any atom is 0.394 e. The van der Waals surface area contributed by atoms with Gasteiger partial charge in [0.25, 0.3) is 0 Å².